The van der Waals surface area contributed by atoms with Crippen LogP contribution < -0.4 is 25.4 Å². The molecule has 14 heteroatoms. The Morgan fingerprint density at radius 2 is 1.79 bits per heavy atom. The number of benzene rings is 2. The van der Waals surface area contributed by atoms with Crippen molar-refractivity contribution in [2.24, 2.45) is 0 Å². The van der Waals surface area contributed by atoms with Crippen LogP contribution in [0.3, 0.4) is 0 Å². The standard InChI is InChI=1S/C25H22ClF5N4O4/c1-24(2,25(29,30)31)35-22(36)13-8-12-15(10-18(13)38-3)32-7-6-17(12)39-21-14(27)9-16(19(26)20(21)28)34-23(37)33-11-4-5-11/h6-11H,4-5H2,1-3H3,(H,35,36)(H2,33,34,37). The fourth-order valence-electron chi connectivity index (χ4n) is 3.45. The van der Waals surface area contributed by atoms with E-state index in [-0.39, 0.29) is 39.7 Å². The van der Waals surface area contributed by atoms with Gasteiger partial charge in [0.1, 0.15) is 22.1 Å². The molecule has 0 unspecified atom stereocenters. The van der Waals surface area contributed by atoms with Crippen molar-refractivity contribution in [3.8, 4) is 17.2 Å². The number of nitrogens with zero attached hydrogens (tertiary/aromatic N) is 1. The molecule has 0 radical (unpaired) electrons. The topological polar surface area (TPSA) is 102 Å². The second kappa shape index (κ2) is 10.4. The number of aromatic nitrogens is 1. The number of carbonyl (C=O) groups excluding carboxylic acids is 2. The molecular formula is C25H22ClF5N4O4. The zero-order chi connectivity index (χ0) is 28.7. The van der Waals surface area contributed by atoms with Gasteiger partial charge in [0.05, 0.1) is 23.9 Å². The number of fused-ring (bicyclic) bond motifs is 1. The van der Waals surface area contributed by atoms with Crippen molar-refractivity contribution in [1.29, 1.82) is 0 Å². The van der Waals surface area contributed by atoms with E-state index in [2.05, 4.69) is 15.6 Å². The third-order valence-corrected chi connectivity index (χ3v) is 6.26. The number of hydrogen-bond acceptors (Lipinski definition) is 5. The predicted molar refractivity (Wildman–Crippen MR) is 133 cm³/mol. The molecule has 0 aliphatic heterocycles. The van der Waals surface area contributed by atoms with Gasteiger partial charge in [-0.25, -0.2) is 13.6 Å². The van der Waals surface area contributed by atoms with Crippen LogP contribution in [0.4, 0.5) is 32.4 Å². The summed E-state index contributed by atoms with van der Waals surface area (Å²) in [5.41, 5.74) is -3.06. The van der Waals surface area contributed by atoms with Gasteiger partial charge in [-0.1, -0.05) is 11.6 Å². The molecule has 3 aromatic rings. The Morgan fingerprint density at radius 3 is 2.41 bits per heavy atom. The Kier molecular flexibility index (Phi) is 7.48. The van der Waals surface area contributed by atoms with Gasteiger partial charge in [-0.3, -0.25) is 9.78 Å². The minimum atomic E-state index is -4.75. The van der Waals surface area contributed by atoms with Crippen LogP contribution in [-0.4, -0.2) is 41.8 Å². The van der Waals surface area contributed by atoms with E-state index in [0.717, 1.165) is 38.8 Å². The SMILES string of the molecule is COc1cc2nccc(Oc3c(F)cc(NC(=O)NC4CC4)c(Cl)c3F)c2cc1C(=O)NC(C)(C)C(F)(F)F. The molecule has 0 atom stereocenters. The third-order valence-electron chi connectivity index (χ3n) is 5.89. The smallest absolute Gasteiger partial charge is 0.410 e. The lowest BCUT2D eigenvalue weighted by atomic mass is 10.0. The summed E-state index contributed by atoms with van der Waals surface area (Å²) in [5, 5.41) is 6.19. The highest BCUT2D eigenvalue weighted by Gasteiger charge is 2.48. The van der Waals surface area contributed by atoms with Crippen LogP contribution in [0.2, 0.25) is 5.02 Å². The number of anilines is 1. The average molecular weight is 573 g/mol. The molecule has 3 N–H and O–H groups in total. The normalized spacial score (nSPS) is 13.7. The quantitative estimate of drug-likeness (QED) is 0.227. The van der Waals surface area contributed by atoms with Crippen molar-refractivity contribution in [2.45, 2.75) is 44.4 Å². The Labute approximate surface area is 223 Å². The van der Waals surface area contributed by atoms with E-state index in [9.17, 15) is 27.2 Å². The van der Waals surface area contributed by atoms with Crippen molar-refractivity contribution < 1.29 is 41.0 Å². The van der Waals surface area contributed by atoms with Crippen molar-refractivity contribution in [1.82, 2.24) is 15.6 Å². The van der Waals surface area contributed by atoms with Crippen LogP contribution in [0.5, 0.6) is 17.2 Å². The van der Waals surface area contributed by atoms with E-state index in [0.29, 0.717) is 0 Å². The molecule has 1 heterocycles. The first-order chi connectivity index (χ1) is 18.2. The van der Waals surface area contributed by atoms with Gasteiger partial charge in [0, 0.05) is 29.8 Å². The van der Waals surface area contributed by atoms with Gasteiger partial charge >= 0.3 is 12.2 Å². The van der Waals surface area contributed by atoms with Crippen LogP contribution in [-0.2, 0) is 0 Å². The van der Waals surface area contributed by atoms with Crippen LogP contribution in [0, 0.1) is 11.6 Å². The lowest BCUT2D eigenvalue weighted by Gasteiger charge is -2.29. The summed E-state index contributed by atoms with van der Waals surface area (Å²) >= 11 is 6.02. The van der Waals surface area contributed by atoms with E-state index in [1.807, 2.05) is 5.32 Å². The molecule has 4 rings (SSSR count). The Bertz CT molecular complexity index is 1460. The molecule has 1 saturated carbocycles. The number of alkyl halides is 3. The number of halogens is 6. The van der Waals surface area contributed by atoms with Crippen molar-refractivity contribution in [3.63, 3.8) is 0 Å². The summed E-state index contributed by atoms with van der Waals surface area (Å²) < 4.78 is 80.6. The molecule has 1 aliphatic rings. The van der Waals surface area contributed by atoms with Crippen molar-refractivity contribution in [3.05, 3.63) is 52.7 Å². The number of urea groups is 1. The fraction of sp³-hybridized carbons (Fsp3) is 0.320. The maximum atomic E-state index is 15.1. The summed E-state index contributed by atoms with van der Waals surface area (Å²) in [6.07, 6.45) is -1.91. The molecule has 0 spiro atoms. The average Bonchev–Trinajstić information content (AvgIpc) is 3.67. The number of carbonyl (C=O) groups is 2. The monoisotopic (exact) mass is 572 g/mol. The molecule has 1 fully saturated rings. The largest absolute Gasteiger partial charge is 0.496 e. The van der Waals surface area contributed by atoms with Gasteiger partial charge in [-0.15, -0.1) is 0 Å². The van der Waals surface area contributed by atoms with Gasteiger partial charge in [0.25, 0.3) is 5.91 Å². The zero-order valence-corrected chi connectivity index (χ0v) is 21.5. The predicted octanol–water partition coefficient (Wildman–Crippen LogP) is 6.32. The van der Waals surface area contributed by atoms with E-state index >= 15 is 4.39 Å². The number of nitrogens with one attached hydrogen (secondary N) is 3. The van der Waals surface area contributed by atoms with Gasteiger partial charge in [0.15, 0.2) is 17.4 Å². The summed E-state index contributed by atoms with van der Waals surface area (Å²) in [6, 6.07) is 3.72. The first-order valence-electron chi connectivity index (χ1n) is 11.5. The first-order valence-corrected chi connectivity index (χ1v) is 11.9. The molecule has 2 aromatic carbocycles. The van der Waals surface area contributed by atoms with E-state index in [1.54, 1.807) is 0 Å². The van der Waals surface area contributed by atoms with Gasteiger partial charge < -0.3 is 25.4 Å². The number of pyridine rings is 1. The Morgan fingerprint density at radius 1 is 1.10 bits per heavy atom. The van der Waals surface area contributed by atoms with Gasteiger partial charge in [-0.05, 0) is 38.8 Å². The van der Waals surface area contributed by atoms with Crippen LogP contribution in [0.25, 0.3) is 10.9 Å². The molecule has 0 saturated heterocycles. The molecular weight excluding hydrogens is 551 g/mol. The number of rotatable bonds is 7. The number of methoxy groups -OCH3 is 1. The molecule has 39 heavy (non-hydrogen) atoms. The summed E-state index contributed by atoms with van der Waals surface area (Å²) in [5.74, 6) is -4.84. The summed E-state index contributed by atoms with van der Waals surface area (Å²) in [6.45, 7) is 1.58. The number of ether oxygens (including phenoxy) is 2. The highest BCUT2D eigenvalue weighted by molar-refractivity contribution is 6.34. The maximum absolute atomic E-state index is 15.1. The second-order valence-corrected chi connectivity index (χ2v) is 9.67. The Balaban J connectivity index is 1.70. The summed E-state index contributed by atoms with van der Waals surface area (Å²) in [7, 11) is 1.21. The van der Waals surface area contributed by atoms with E-state index in [4.69, 9.17) is 21.1 Å². The van der Waals surface area contributed by atoms with E-state index < -0.39 is 46.1 Å². The van der Waals surface area contributed by atoms with E-state index in [1.165, 1.54) is 25.4 Å². The highest BCUT2D eigenvalue weighted by Crippen LogP contribution is 2.40. The first kappa shape index (κ1) is 28.1. The molecule has 3 amide bonds. The number of amides is 3. The minimum absolute atomic E-state index is 0.00817. The second-order valence-electron chi connectivity index (χ2n) is 9.29. The lowest BCUT2D eigenvalue weighted by molar-refractivity contribution is -0.182. The molecule has 1 aliphatic carbocycles. The van der Waals surface area contributed by atoms with Gasteiger partial charge in [-0.2, -0.15) is 13.2 Å². The molecule has 208 valence electrons. The summed E-state index contributed by atoms with van der Waals surface area (Å²) in [4.78, 5) is 28.9. The molecule has 1 aromatic heterocycles. The number of hydrogen-bond donors (Lipinski definition) is 3. The zero-order valence-electron chi connectivity index (χ0n) is 20.7. The minimum Gasteiger partial charge on any atom is -0.496 e. The van der Waals surface area contributed by atoms with Crippen molar-refractivity contribution in [2.75, 3.05) is 12.4 Å². The van der Waals surface area contributed by atoms with Crippen molar-refractivity contribution >= 4 is 40.1 Å². The Hall–Kier alpha value is -3.87. The lowest BCUT2D eigenvalue weighted by Crippen LogP contribution is -2.54. The maximum Gasteiger partial charge on any atom is 0.410 e. The third kappa shape index (κ3) is 5.92. The van der Waals surface area contributed by atoms with Crippen LogP contribution >= 0.6 is 11.6 Å². The van der Waals surface area contributed by atoms with Gasteiger partial charge in [0.2, 0.25) is 0 Å². The molecule has 0 bridgehead atoms. The van der Waals surface area contributed by atoms with Crippen LogP contribution in [0.1, 0.15) is 37.0 Å². The fourth-order valence-corrected chi connectivity index (χ4v) is 3.64. The molecule has 8 nitrogen and oxygen atoms in total. The van der Waals surface area contributed by atoms with Crippen LogP contribution in [0.15, 0.2) is 30.5 Å². The highest BCUT2D eigenvalue weighted by atomic mass is 35.5.